The maximum Gasteiger partial charge on any atom is 0.573 e. The smallest absolute Gasteiger partial charge is 0.467 e. The second-order valence-corrected chi connectivity index (χ2v) is 9.15. The van der Waals surface area contributed by atoms with Crippen LogP contribution in [0, 0.1) is 5.92 Å². The monoisotopic (exact) mass is 525 g/mol. The number of nitrogens with zero attached hydrogens (tertiary/aromatic N) is 4. The van der Waals surface area contributed by atoms with E-state index in [0.29, 0.717) is 50.7 Å². The number of esters is 1. The molecule has 0 amide bonds. The van der Waals surface area contributed by atoms with Crippen molar-refractivity contribution in [3.05, 3.63) is 35.9 Å². The number of ether oxygens (including phenoxy) is 3. The van der Waals surface area contributed by atoms with Crippen LogP contribution in [0.4, 0.5) is 24.8 Å². The van der Waals surface area contributed by atoms with Gasteiger partial charge >= 0.3 is 18.3 Å². The highest BCUT2D eigenvalue weighted by molar-refractivity contribution is 5.69. The average molecular weight is 526 g/mol. The Kier molecular flexibility index (Phi) is 10.2. The Morgan fingerprint density at radius 1 is 1.22 bits per heavy atom. The summed E-state index contributed by atoms with van der Waals surface area (Å²) in [6.45, 7) is 3.05. The zero-order valence-electron chi connectivity index (χ0n) is 21.4. The zero-order valence-corrected chi connectivity index (χ0v) is 21.4. The SMILES string of the molecule is COc1nc(NCCc2ccc(OC(F)(F)F)cc2)cc(N2CCCC(CC(=O)OCCN(C)C)C2)n1. The molecule has 1 aliphatic heterocycles. The number of benzene rings is 1. The number of alkyl halides is 3. The van der Waals surface area contributed by atoms with Crippen LogP contribution in [0.15, 0.2) is 30.3 Å². The first kappa shape index (κ1) is 28.3. The third-order valence-electron chi connectivity index (χ3n) is 5.85. The molecule has 1 aromatic heterocycles. The van der Waals surface area contributed by atoms with Crippen LogP contribution >= 0.6 is 0 Å². The second kappa shape index (κ2) is 13.3. The van der Waals surface area contributed by atoms with Crippen molar-refractivity contribution in [2.75, 3.05) is 64.2 Å². The predicted octanol–water partition coefficient (Wildman–Crippen LogP) is 3.75. The van der Waals surface area contributed by atoms with Crippen molar-refractivity contribution in [3.8, 4) is 11.8 Å². The third-order valence-corrected chi connectivity index (χ3v) is 5.85. The van der Waals surface area contributed by atoms with Gasteiger partial charge in [-0.05, 0) is 57.0 Å². The lowest BCUT2D eigenvalue weighted by molar-refractivity contribution is -0.274. The van der Waals surface area contributed by atoms with E-state index < -0.39 is 6.36 Å². The Hall–Kier alpha value is -3.28. The molecule has 0 radical (unpaired) electrons. The molecule has 0 saturated carbocycles. The predicted molar refractivity (Wildman–Crippen MR) is 133 cm³/mol. The Balaban J connectivity index is 1.55. The zero-order chi connectivity index (χ0) is 26.8. The quantitative estimate of drug-likeness (QED) is 0.416. The minimum absolute atomic E-state index is 0.169. The molecule has 2 aromatic rings. The lowest BCUT2D eigenvalue weighted by Crippen LogP contribution is -2.37. The van der Waals surface area contributed by atoms with Gasteiger partial charge in [0.15, 0.2) is 0 Å². The number of hydrogen-bond acceptors (Lipinski definition) is 9. The summed E-state index contributed by atoms with van der Waals surface area (Å²) in [4.78, 5) is 25.2. The fourth-order valence-corrected chi connectivity index (χ4v) is 4.03. The highest BCUT2D eigenvalue weighted by atomic mass is 19.4. The standard InChI is InChI=1S/C25H34F3N5O4/c1-32(2)13-14-36-23(34)15-19-5-4-12-33(17-19)22-16-21(30-24(31-22)35-3)29-11-10-18-6-8-20(9-7-18)37-25(26,27)28/h6-9,16,19H,4-5,10-15,17H2,1-3H3,(H,29,30,31). The van der Waals surface area contributed by atoms with E-state index >= 15 is 0 Å². The number of methoxy groups -OCH3 is 1. The molecule has 1 unspecified atom stereocenters. The van der Waals surface area contributed by atoms with Crippen molar-refractivity contribution in [2.45, 2.75) is 32.0 Å². The van der Waals surface area contributed by atoms with Crippen LogP contribution in [0.25, 0.3) is 0 Å². The molecule has 12 heteroatoms. The van der Waals surface area contributed by atoms with Crippen molar-refractivity contribution in [1.82, 2.24) is 14.9 Å². The van der Waals surface area contributed by atoms with Crippen LogP contribution in [0.5, 0.6) is 11.8 Å². The summed E-state index contributed by atoms with van der Waals surface area (Å²) in [5.74, 6) is 1.01. The van der Waals surface area contributed by atoms with Gasteiger partial charge in [0.2, 0.25) is 0 Å². The molecule has 1 atom stereocenters. The van der Waals surface area contributed by atoms with Crippen LogP contribution in [-0.4, -0.2) is 81.2 Å². The van der Waals surface area contributed by atoms with Crippen molar-refractivity contribution in [3.63, 3.8) is 0 Å². The number of hydrogen-bond donors (Lipinski definition) is 1. The summed E-state index contributed by atoms with van der Waals surface area (Å²) < 4.78 is 51.5. The lowest BCUT2D eigenvalue weighted by atomic mass is 9.95. The van der Waals surface area contributed by atoms with E-state index in [1.165, 1.54) is 19.2 Å². The highest BCUT2D eigenvalue weighted by Gasteiger charge is 2.31. The first-order valence-corrected chi connectivity index (χ1v) is 12.2. The third kappa shape index (κ3) is 9.95. The molecule has 2 heterocycles. The normalized spacial score (nSPS) is 16.0. The van der Waals surface area contributed by atoms with Gasteiger partial charge in [0.1, 0.15) is 24.0 Å². The Bertz CT molecular complexity index is 1000. The number of carbonyl (C=O) groups is 1. The number of nitrogens with one attached hydrogen (secondary N) is 1. The molecule has 37 heavy (non-hydrogen) atoms. The van der Waals surface area contributed by atoms with Gasteiger partial charge < -0.3 is 29.3 Å². The summed E-state index contributed by atoms with van der Waals surface area (Å²) in [6.07, 6.45) is -1.91. The van der Waals surface area contributed by atoms with E-state index in [2.05, 4.69) is 24.9 Å². The molecule has 0 spiro atoms. The first-order chi connectivity index (χ1) is 17.6. The number of aromatic nitrogens is 2. The molecule has 9 nitrogen and oxygen atoms in total. The Morgan fingerprint density at radius 2 is 1.97 bits per heavy atom. The number of piperidine rings is 1. The molecule has 1 aromatic carbocycles. The molecule has 0 aliphatic carbocycles. The van der Waals surface area contributed by atoms with Crippen LogP contribution < -0.4 is 19.7 Å². The lowest BCUT2D eigenvalue weighted by Gasteiger charge is -2.33. The van der Waals surface area contributed by atoms with E-state index in [1.54, 1.807) is 12.1 Å². The minimum atomic E-state index is -4.71. The maximum absolute atomic E-state index is 12.3. The molecule has 1 N–H and O–H groups in total. The van der Waals surface area contributed by atoms with Gasteiger partial charge in [0.05, 0.1) is 13.5 Å². The van der Waals surface area contributed by atoms with E-state index in [0.717, 1.165) is 24.9 Å². The van der Waals surface area contributed by atoms with Crippen molar-refractivity contribution in [1.29, 1.82) is 0 Å². The number of anilines is 2. The molecule has 1 aliphatic rings. The van der Waals surface area contributed by atoms with Gasteiger partial charge in [-0.3, -0.25) is 4.79 Å². The summed E-state index contributed by atoms with van der Waals surface area (Å²) in [6, 6.07) is 7.82. The van der Waals surface area contributed by atoms with E-state index in [9.17, 15) is 18.0 Å². The number of rotatable bonds is 12. The van der Waals surface area contributed by atoms with Crippen LogP contribution in [0.1, 0.15) is 24.8 Å². The summed E-state index contributed by atoms with van der Waals surface area (Å²) in [7, 11) is 5.36. The number of carbonyl (C=O) groups excluding carboxylic acids is 1. The minimum Gasteiger partial charge on any atom is -0.467 e. The number of halogens is 3. The van der Waals surface area contributed by atoms with Crippen LogP contribution in [0.3, 0.4) is 0 Å². The second-order valence-electron chi connectivity index (χ2n) is 9.15. The summed E-state index contributed by atoms with van der Waals surface area (Å²) >= 11 is 0. The average Bonchev–Trinajstić information content (AvgIpc) is 2.84. The first-order valence-electron chi connectivity index (χ1n) is 12.2. The largest absolute Gasteiger partial charge is 0.573 e. The maximum atomic E-state index is 12.3. The Morgan fingerprint density at radius 3 is 2.65 bits per heavy atom. The van der Waals surface area contributed by atoms with Gasteiger partial charge in [0.25, 0.3) is 0 Å². The summed E-state index contributed by atoms with van der Waals surface area (Å²) in [5, 5.41) is 3.23. The van der Waals surface area contributed by atoms with Gasteiger partial charge in [-0.2, -0.15) is 9.97 Å². The molecule has 1 fully saturated rings. The van der Waals surface area contributed by atoms with Crippen molar-refractivity contribution < 1.29 is 32.2 Å². The van der Waals surface area contributed by atoms with Crippen LogP contribution in [0.2, 0.25) is 0 Å². The summed E-state index contributed by atoms with van der Waals surface area (Å²) in [5.41, 5.74) is 0.847. The van der Waals surface area contributed by atoms with Crippen molar-refractivity contribution >= 4 is 17.6 Å². The van der Waals surface area contributed by atoms with Crippen molar-refractivity contribution in [2.24, 2.45) is 5.92 Å². The van der Waals surface area contributed by atoms with E-state index in [-0.39, 0.29) is 23.6 Å². The van der Waals surface area contributed by atoms with Gasteiger partial charge in [0, 0.05) is 32.2 Å². The molecule has 3 rings (SSSR count). The van der Waals surface area contributed by atoms with E-state index in [1.807, 2.05) is 25.1 Å². The number of likely N-dealkylation sites (N-methyl/N-ethyl adjacent to an activating group) is 1. The molecule has 0 bridgehead atoms. The van der Waals surface area contributed by atoms with Gasteiger partial charge in [-0.15, -0.1) is 13.2 Å². The van der Waals surface area contributed by atoms with E-state index in [4.69, 9.17) is 9.47 Å². The molecule has 204 valence electrons. The molecular formula is C25H34F3N5O4. The molecular weight excluding hydrogens is 491 g/mol. The topological polar surface area (TPSA) is 89.0 Å². The fraction of sp³-hybridized carbons (Fsp3) is 0.560. The van der Waals surface area contributed by atoms with Gasteiger partial charge in [-0.1, -0.05) is 12.1 Å². The van der Waals surface area contributed by atoms with Gasteiger partial charge in [-0.25, -0.2) is 0 Å². The highest BCUT2D eigenvalue weighted by Crippen LogP contribution is 2.27. The Labute approximate surface area is 214 Å². The fourth-order valence-electron chi connectivity index (χ4n) is 4.03. The molecule has 1 saturated heterocycles. The van der Waals surface area contributed by atoms with Crippen LogP contribution in [-0.2, 0) is 16.0 Å².